The largest absolute Gasteiger partial charge is 0.507 e. The van der Waals surface area contributed by atoms with Gasteiger partial charge in [0, 0.05) is 17.4 Å². The lowest BCUT2D eigenvalue weighted by atomic mass is 10.0. The van der Waals surface area contributed by atoms with Crippen molar-refractivity contribution in [3.63, 3.8) is 0 Å². The molecular formula is C20H13FN2O4. The standard InChI is InChI=1S/C20H13FN2O4/c1-27-16-5-3-15(4-6-16)23-11-13(8-12(10-22)20(23)26)19(25)17-9-14(21)2-7-18(17)24/h2-9,11,24H,1H3. The van der Waals surface area contributed by atoms with E-state index in [0.29, 0.717) is 11.4 Å². The van der Waals surface area contributed by atoms with Crippen LogP contribution in [0.3, 0.4) is 0 Å². The molecule has 1 N–H and O–H groups in total. The van der Waals surface area contributed by atoms with Gasteiger partial charge in [0.15, 0.2) is 5.78 Å². The van der Waals surface area contributed by atoms with Crippen LogP contribution in [0.25, 0.3) is 5.69 Å². The van der Waals surface area contributed by atoms with Gasteiger partial charge in [0.25, 0.3) is 5.56 Å². The fourth-order valence-electron chi connectivity index (χ4n) is 2.57. The van der Waals surface area contributed by atoms with Crippen LogP contribution >= 0.6 is 0 Å². The Kier molecular flexibility index (Phi) is 4.73. The predicted molar refractivity (Wildman–Crippen MR) is 94.8 cm³/mol. The minimum absolute atomic E-state index is 0.0390. The number of phenols is 1. The molecule has 0 amide bonds. The first-order chi connectivity index (χ1) is 12.9. The van der Waals surface area contributed by atoms with Gasteiger partial charge < -0.3 is 9.84 Å². The molecule has 0 aliphatic carbocycles. The Morgan fingerprint density at radius 3 is 2.52 bits per heavy atom. The number of aromatic nitrogens is 1. The van der Waals surface area contributed by atoms with Gasteiger partial charge in [-0.05, 0) is 48.5 Å². The van der Waals surface area contributed by atoms with E-state index in [-0.39, 0.29) is 16.7 Å². The number of carbonyl (C=O) groups is 1. The van der Waals surface area contributed by atoms with Crippen molar-refractivity contribution >= 4 is 5.78 Å². The van der Waals surface area contributed by atoms with Crippen LogP contribution in [0.2, 0.25) is 0 Å². The predicted octanol–water partition coefficient (Wildman–Crippen LogP) is 2.79. The van der Waals surface area contributed by atoms with Crippen LogP contribution in [0.15, 0.2) is 59.5 Å². The second-order valence-electron chi connectivity index (χ2n) is 5.62. The van der Waals surface area contributed by atoms with Crippen LogP contribution in [0, 0.1) is 17.1 Å². The summed E-state index contributed by atoms with van der Waals surface area (Å²) in [6.07, 6.45) is 1.25. The summed E-state index contributed by atoms with van der Waals surface area (Å²) in [7, 11) is 1.50. The third-order valence-corrected chi connectivity index (χ3v) is 3.95. The van der Waals surface area contributed by atoms with E-state index < -0.39 is 22.9 Å². The minimum Gasteiger partial charge on any atom is -0.507 e. The van der Waals surface area contributed by atoms with Crippen LogP contribution in [0.1, 0.15) is 21.5 Å². The van der Waals surface area contributed by atoms with Crippen LogP contribution in [-0.4, -0.2) is 22.6 Å². The lowest BCUT2D eigenvalue weighted by molar-refractivity contribution is 0.103. The maximum absolute atomic E-state index is 13.5. The van der Waals surface area contributed by atoms with Gasteiger partial charge in [-0.25, -0.2) is 4.39 Å². The molecular weight excluding hydrogens is 351 g/mol. The van der Waals surface area contributed by atoms with Gasteiger partial charge >= 0.3 is 0 Å². The number of benzene rings is 2. The molecule has 0 fully saturated rings. The van der Waals surface area contributed by atoms with Crippen LogP contribution < -0.4 is 10.3 Å². The fourth-order valence-corrected chi connectivity index (χ4v) is 2.57. The van der Waals surface area contributed by atoms with Gasteiger partial charge in [-0.3, -0.25) is 14.2 Å². The number of aromatic hydroxyl groups is 1. The Morgan fingerprint density at radius 1 is 1.19 bits per heavy atom. The number of methoxy groups -OCH3 is 1. The number of nitrogens with zero attached hydrogens (tertiary/aromatic N) is 2. The summed E-state index contributed by atoms with van der Waals surface area (Å²) in [4.78, 5) is 25.2. The highest BCUT2D eigenvalue weighted by Gasteiger charge is 2.18. The molecule has 3 aromatic rings. The van der Waals surface area contributed by atoms with Crippen molar-refractivity contribution in [1.29, 1.82) is 5.26 Å². The number of pyridine rings is 1. The molecule has 0 bridgehead atoms. The van der Waals surface area contributed by atoms with Crippen molar-refractivity contribution in [2.24, 2.45) is 0 Å². The second-order valence-corrected chi connectivity index (χ2v) is 5.62. The smallest absolute Gasteiger partial charge is 0.273 e. The number of halogens is 1. The molecule has 7 heteroatoms. The number of ketones is 1. The lowest BCUT2D eigenvalue weighted by Crippen LogP contribution is -2.22. The molecule has 1 aromatic heterocycles. The van der Waals surface area contributed by atoms with Crippen molar-refractivity contribution in [2.45, 2.75) is 0 Å². The van der Waals surface area contributed by atoms with Crippen molar-refractivity contribution in [1.82, 2.24) is 4.57 Å². The van der Waals surface area contributed by atoms with E-state index in [0.717, 1.165) is 28.8 Å². The number of rotatable bonds is 4. The SMILES string of the molecule is COc1ccc(-n2cc(C(=O)c3cc(F)ccc3O)cc(C#N)c2=O)cc1. The number of hydrogen-bond acceptors (Lipinski definition) is 5. The number of nitriles is 1. The van der Waals surface area contributed by atoms with E-state index in [4.69, 9.17) is 4.74 Å². The molecule has 134 valence electrons. The molecule has 0 unspecified atom stereocenters. The molecule has 0 aliphatic rings. The molecule has 1 heterocycles. The highest BCUT2D eigenvalue weighted by atomic mass is 19.1. The molecule has 0 saturated carbocycles. The molecule has 3 rings (SSSR count). The number of carbonyl (C=O) groups excluding carboxylic acids is 1. The van der Waals surface area contributed by atoms with Gasteiger partial charge in [-0.1, -0.05) is 0 Å². The molecule has 0 spiro atoms. The maximum Gasteiger partial charge on any atom is 0.273 e. The molecule has 27 heavy (non-hydrogen) atoms. The van der Waals surface area contributed by atoms with Gasteiger partial charge in [-0.15, -0.1) is 0 Å². The summed E-state index contributed by atoms with van der Waals surface area (Å²) in [5.74, 6) is -1.24. The summed E-state index contributed by atoms with van der Waals surface area (Å²) in [6.45, 7) is 0. The van der Waals surface area contributed by atoms with E-state index in [1.165, 1.54) is 13.3 Å². The van der Waals surface area contributed by atoms with E-state index in [2.05, 4.69) is 0 Å². The first kappa shape index (κ1) is 17.9. The second kappa shape index (κ2) is 7.14. The molecule has 0 atom stereocenters. The molecule has 6 nitrogen and oxygen atoms in total. The Labute approximate surface area is 153 Å². The summed E-state index contributed by atoms with van der Waals surface area (Å²) in [5, 5.41) is 19.1. The number of phenolic OH excluding ortho intramolecular Hbond substituents is 1. The molecule has 0 aliphatic heterocycles. The van der Waals surface area contributed by atoms with Crippen molar-refractivity contribution in [3.8, 4) is 23.3 Å². The third-order valence-electron chi connectivity index (χ3n) is 3.95. The maximum atomic E-state index is 13.5. The van der Waals surface area contributed by atoms with Crippen LogP contribution in [0.5, 0.6) is 11.5 Å². The summed E-state index contributed by atoms with van der Waals surface area (Å²) in [5.41, 5.74) is -0.757. The summed E-state index contributed by atoms with van der Waals surface area (Å²) in [6, 6.07) is 12.3. The average molecular weight is 364 g/mol. The third kappa shape index (κ3) is 3.41. The monoisotopic (exact) mass is 364 g/mol. The van der Waals surface area contributed by atoms with Gasteiger partial charge in [0.2, 0.25) is 0 Å². The molecule has 2 aromatic carbocycles. The zero-order valence-electron chi connectivity index (χ0n) is 14.1. The van der Waals surface area contributed by atoms with Gasteiger partial charge in [0.05, 0.1) is 12.7 Å². The zero-order valence-corrected chi connectivity index (χ0v) is 14.1. The zero-order chi connectivity index (χ0) is 19.6. The first-order valence-corrected chi connectivity index (χ1v) is 7.79. The van der Waals surface area contributed by atoms with Gasteiger partial charge in [0.1, 0.15) is 28.9 Å². The fraction of sp³-hybridized carbons (Fsp3) is 0.0500. The Hall–Kier alpha value is -3.92. The average Bonchev–Trinajstić information content (AvgIpc) is 2.69. The summed E-state index contributed by atoms with van der Waals surface area (Å²) < 4.78 is 19.7. The van der Waals surface area contributed by atoms with E-state index >= 15 is 0 Å². The van der Waals surface area contributed by atoms with Gasteiger partial charge in [-0.2, -0.15) is 5.26 Å². The number of hydrogen-bond donors (Lipinski definition) is 1. The van der Waals surface area contributed by atoms with Crippen molar-refractivity contribution in [2.75, 3.05) is 7.11 Å². The minimum atomic E-state index is -0.717. The number of ether oxygens (including phenoxy) is 1. The highest BCUT2D eigenvalue weighted by molar-refractivity contribution is 6.10. The molecule has 0 radical (unpaired) electrons. The Balaban J connectivity index is 2.17. The Morgan fingerprint density at radius 2 is 1.89 bits per heavy atom. The van der Waals surface area contributed by atoms with Crippen molar-refractivity contribution < 1.29 is 19.0 Å². The lowest BCUT2D eigenvalue weighted by Gasteiger charge is -2.10. The summed E-state index contributed by atoms with van der Waals surface area (Å²) >= 11 is 0. The first-order valence-electron chi connectivity index (χ1n) is 7.79. The van der Waals surface area contributed by atoms with Crippen LogP contribution in [-0.2, 0) is 0 Å². The topological polar surface area (TPSA) is 92.3 Å². The van der Waals surface area contributed by atoms with E-state index in [1.54, 1.807) is 30.3 Å². The van der Waals surface area contributed by atoms with E-state index in [1.807, 2.05) is 0 Å². The molecule has 0 saturated heterocycles. The van der Waals surface area contributed by atoms with Crippen molar-refractivity contribution in [3.05, 3.63) is 87.6 Å². The quantitative estimate of drug-likeness (QED) is 0.719. The van der Waals surface area contributed by atoms with Crippen LogP contribution in [0.4, 0.5) is 4.39 Å². The normalized spacial score (nSPS) is 10.3. The highest BCUT2D eigenvalue weighted by Crippen LogP contribution is 2.22. The Bertz CT molecular complexity index is 1130. The van der Waals surface area contributed by atoms with E-state index in [9.17, 15) is 24.3 Å².